The summed E-state index contributed by atoms with van der Waals surface area (Å²) in [5.41, 5.74) is 1.99. The summed E-state index contributed by atoms with van der Waals surface area (Å²) in [4.78, 5) is 16.0. The van der Waals surface area contributed by atoms with Gasteiger partial charge in [-0.3, -0.25) is 0 Å². The van der Waals surface area contributed by atoms with Crippen LogP contribution in [0.2, 0.25) is 0 Å². The Bertz CT molecular complexity index is 1130. The third kappa shape index (κ3) is 3.50. The van der Waals surface area contributed by atoms with Gasteiger partial charge in [-0.1, -0.05) is 41.6 Å². The number of benzene rings is 2. The summed E-state index contributed by atoms with van der Waals surface area (Å²) in [5.74, 6) is 1.62. The molecule has 1 saturated heterocycles. The normalized spacial score (nSPS) is 31.7. The van der Waals surface area contributed by atoms with Gasteiger partial charge in [0.1, 0.15) is 12.2 Å². The molecule has 0 aromatic heterocycles. The molecule has 2 aliphatic heterocycles. The minimum atomic E-state index is -0.641. The maximum Gasteiger partial charge on any atom is 0.410 e. The average Bonchev–Trinajstić information content (AvgIpc) is 3.17. The first-order chi connectivity index (χ1) is 16.5. The molecular formula is C27H32BrNO5S. The number of carbonyl (C=O) groups excluding carboxylic acids is 1. The van der Waals surface area contributed by atoms with Crippen LogP contribution in [0.5, 0.6) is 11.5 Å². The number of carbonyl (C=O) groups is 1. The van der Waals surface area contributed by atoms with Crippen molar-refractivity contribution < 1.29 is 24.1 Å². The van der Waals surface area contributed by atoms with Crippen LogP contribution in [0.1, 0.15) is 38.3 Å². The Morgan fingerprint density at radius 3 is 2.83 bits per heavy atom. The van der Waals surface area contributed by atoms with Gasteiger partial charge in [0.15, 0.2) is 11.5 Å². The summed E-state index contributed by atoms with van der Waals surface area (Å²) in [6.07, 6.45) is 0.998. The van der Waals surface area contributed by atoms with Gasteiger partial charge in [0, 0.05) is 38.2 Å². The lowest BCUT2D eigenvalue weighted by atomic mass is 9.51. The largest absolute Gasteiger partial charge is 0.493 e. The first kappa shape index (κ1) is 24.8. The van der Waals surface area contributed by atoms with Crippen molar-refractivity contribution in [3.05, 3.63) is 52.0 Å². The summed E-state index contributed by atoms with van der Waals surface area (Å²) in [6.45, 7) is 2.80. The Morgan fingerprint density at radius 1 is 1.34 bits per heavy atom. The zero-order valence-electron chi connectivity index (χ0n) is 19.2. The van der Waals surface area contributed by atoms with Crippen LogP contribution in [0.25, 0.3) is 0 Å². The lowest BCUT2D eigenvalue weighted by Gasteiger charge is -2.59. The summed E-state index contributed by atoms with van der Waals surface area (Å²) < 4.78 is 18.8. The van der Waals surface area contributed by atoms with Gasteiger partial charge < -0.3 is 24.2 Å². The molecule has 0 unspecified atom stereocenters. The van der Waals surface area contributed by atoms with E-state index in [0.29, 0.717) is 18.9 Å². The second-order valence-electron chi connectivity index (χ2n) is 9.54. The number of thioether (sulfide) groups is 1. The maximum absolute atomic E-state index is 13.0. The van der Waals surface area contributed by atoms with E-state index in [9.17, 15) is 9.90 Å². The third-order valence-corrected chi connectivity index (χ3v) is 10.2. The Morgan fingerprint density at radius 2 is 2.11 bits per heavy atom. The number of likely N-dealkylation sites (tertiary alicyclic amines) is 1. The highest BCUT2D eigenvalue weighted by molar-refractivity contribution is 9.10. The van der Waals surface area contributed by atoms with Crippen LogP contribution in [0.15, 0.2) is 45.8 Å². The van der Waals surface area contributed by atoms with Crippen molar-refractivity contribution >= 4 is 33.8 Å². The zero-order chi connectivity index (χ0) is 23.6. The molecule has 1 amide bonds. The van der Waals surface area contributed by atoms with Crippen LogP contribution in [-0.4, -0.2) is 59.9 Å². The second kappa shape index (κ2) is 9.20. The number of halogens is 1. The Balaban J connectivity index is 0.00000253. The fourth-order valence-corrected chi connectivity index (χ4v) is 8.69. The highest BCUT2D eigenvalue weighted by atomic mass is 79.9. The van der Waals surface area contributed by atoms with Crippen LogP contribution in [0.4, 0.5) is 4.79 Å². The molecule has 2 aromatic rings. The van der Waals surface area contributed by atoms with Crippen molar-refractivity contribution in [2.24, 2.45) is 5.92 Å². The maximum atomic E-state index is 13.0. The number of rotatable bonds is 4. The standard InChI is InChI=1S/C26H28BrNO5S.CH4/c1-3-32-25(30)28-10-9-26-16-12-20(34-14-7-5-4-6-8-14)22(29)24(26)33-23-19(31-2)13-17(27)15(21(23)26)11-18(16)28;/h4-8,13,16,18,20,22,24,29H,3,9-12H2,1-2H3;1H4/t16-,18+,20+,22-,24-,26-;/m0./s1. The van der Waals surface area contributed by atoms with E-state index < -0.39 is 6.10 Å². The Kier molecular flexibility index (Phi) is 6.51. The molecule has 2 fully saturated rings. The number of ether oxygens (including phenoxy) is 3. The molecular weight excluding hydrogens is 530 g/mol. The minimum absolute atomic E-state index is 0. The number of amides is 1. The van der Waals surface area contributed by atoms with E-state index in [0.717, 1.165) is 39.9 Å². The highest BCUT2D eigenvalue weighted by Gasteiger charge is 2.68. The van der Waals surface area contributed by atoms with Crippen LogP contribution < -0.4 is 9.47 Å². The summed E-state index contributed by atoms with van der Waals surface area (Å²) in [6, 6.07) is 12.2. The number of aliphatic hydroxyl groups is 1. The van der Waals surface area contributed by atoms with Gasteiger partial charge in [0.2, 0.25) is 0 Å². The van der Waals surface area contributed by atoms with E-state index in [-0.39, 0.29) is 42.2 Å². The van der Waals surface area contributed by atoms with Crippen LogP contribution in [0.3, 0.4) is 0 Å². The zero-order valence-corrected chi connectivity index (χ0v) is 21.6. The minimum Gasteiger partial charge on any atom is -0.493 e. The predicted molar refractivity (Wildman–Crippen MR) is 140 cm³/mol. The van der Waals surface area contributed by atoms with Gasteiger partial charge >= 0.3 is 6.09 Å². The highest BCUT2D eigenvalue weighted by Crippen LogP contribution is 2.66. The fourth-order valence-electron chi connectivity index (χ4n) is 6.88. The van der Waals surface area contributed by atoms with E-state index in [2.05, 4.69) is 28.1 Å². The summed E-state index contributed by atoms with van der Waals surface area (Å²) >= 11 is 5.47. The van der Waals surface area contributed by atoms with Crippen molar-refractivity contribution in [3.8, 4) is 11.5 Å². The van der Waals surface area contributed by atoms with Crippen LogP contribution in [0, 0.1) is 5.92 Å². The van der Waals surface area contributed by atoms with Crippen molar-refractivity contribution in [1.82, 2.24) is 4.90 Å². The number of methoxy groups -OCH3 is 1. The van der Waals surface area contributed by atoms with Gasteiger partial charge in [0.25, 0.3) is 0 Å². The van der Waals surface area contributed by atoms with Crippen LogP contribution >= 0.6 is 27.7 Å². The molecule has 6 atom stereocenters. The molecule has 2 bridgehead atoms. The Hall–Kier alpha value is -1.90. The van der Waals surface area contributed by atoms with Gasteiger partial charge in [-0.2, -0.15) is 0 Å². The van der Waals surface area contributed by atoms with Gasteiger partial charge in [-0.25, -0.2) is 4.79 Å². The number of hydrogen-bond acceptors (Lipinski definition) is 6. The van der Waals surface area contributed by atoms with E-state index in [1.807, 2.05) is 36.1 Å². The van der Waals surface area contributed by atoms with Crippen molar-refractivity contribution in [1.29, 1.82) is 0 Å². The van der Waals surface area contributed by atoms with E-state index in [1.165, 1.54) is 5.56 Å². The van der Waals surface area contributed by atoms with E-state index >= 15 is 0 Å². The molecule has 1 spiro atoms. The lowest BCUT2D eigenvalue weighted by molar-refractivity contribution is -0.0964. The molecule has 4 aliphatic rings. The number of aliphatic hydroxyl groups excluding tert-OH is 1. The molecule has 2 heterocycles. The molecule has 2 aromatic carbocycles. The smallest absolute Gasteiger partial charge is 0.410 e. The quantitative estimate of drug-likeness (QED) is 0.537. The van der Waals surface area contributed by atoms with Gasteiger partial charge in [0.05, 0.1) is 13.7 Å². The molecule has 35 heavy (non-hydrogen) atoms. The molecule has 1 N–H and O–H groups in total. The second-order valence-corrected chi connectivity index (χ2v) is 11.7. The van der Waals surface area contributed by atoms with E-state index in [1.54, 1.807) is 18.9 Å². The lowest BCUT2D eigenvalue weighted by Crippen LogP contribution is -2.69. The van der Waals surface area contributed by atoms with E-state index in [4.69, 9.17) is 14.2 Å². The molecule has 0 radical (unpaired) electrons. The average molecular weight is 563 g/mol. The van der Waals surface area contributed by atoms with Crippen molar-refractivity contribution in [2.75, 3.05) is 20.3 Å². The third-order valence-electron chi connectivity index (χ3n) is 8.15. The molecule has 6 nitrogen and oxygen atoms in total. The predicted octanol–water partition coefficient (Wildman–Crippen LogP) is 5.42. The Labute approximate surface area is 219 Å². The topological polar surface area (TPSA) is 68.2 Å². The molecule has 6 rings (SSSR count). The van der Waals surface area contributed by atoms with Crippen molar-refractivity contribution in [3.63, 3.8) is 0 Å². The molecule has 2 aliphatic carbocycles. The first-order valence-corrected chi connectivity index (χ1v) is 13.6. The first-order valence-electron chi connectivity index (χ1n) is 11.9. The fraction of sp³-hybridized carbons (Fsp3) is 0.519. The summed E-state index contributed by atoms with van der Waals surface area (Å²) in [5, 5.41) is 11.7. The molecule has 188 valence electrons. The van der Waals surface area contributed by atoms with Gasteiger partial charge in [-0.05, 0) is 55.9 Å². The summed E-state index contributed by atoms with van der Waals surface area (Å²) in [7, 11) is 1.66. The SMILES string of the molecule is C.CCOC(=O)N1CC[C@]23c4c5c(Br)cc(OC)c4O[C@H]2[C@@H](O)[C@H](Sc2ccccc2)C[C@H]3[C@H]1C5. The van der Waals surface area contributed by atoms with Gasteiger partial charge in [-0.15, -0.1) is 11.8 Å². The monoisotopic (exact) mass is 561 g/mol. The molecule has 8 heteroatoms. The van der Waals surface area contributed by atoms with Crippen molar-refractivity contribution in [2.45, 2.75) is 67.4 Å². The number of nitrogens with zero attached hydrogens (tertiary/aromatic N) is 1. The number of piperidine rings is 1. The van der Waals surface area contributed by atoms with Crippen LogP contribution in [-0.2, 0) is 16.6 Å². The number of hydrogen-bond donors (Lipinski definition) is 1. The molecule has 1 saturated carbocycles.